The van der Waals surface area contributed by atoms with E-state index in [0.29, 0.717) is 29.1 Å². The van der Waals surface area contributed by atoms with Crippen LogP contribution in [0.15, 0.2) is 4.99 Å². The molecule has 0 bridgehead atoms. The molecular formula is C15H28F3N5O2S. The number of nitrogens with zero attached hydrogens (tertiary/aromatic N) is 3. The Labute approximate surface area is 153 Å². The van der Waals surface area contributed by atoms with Gasteiger partial charge in [-0.3, -0.25) is 9.89 Å². The second-order valence-electron chi connectivity index (χ2n) is 6.65. The molecule has 0 aromatic heterocycles. The van der Waals surface area contributed by atoms with Crippen molar-refractivity contribution >= 4 is 16.0 Å². The van der Waals surface area contributed by atoms with E-state index < -0.39 is 15.5 Å². The van der Waals surface area contributed by atoms with Crippen molar-refractivity contribution in [3.05, 3.63) is 0 Å². The summed E-state index contributed by atoms with van der Waals surface area (Å²) in [5.74, 6) is 0.602. The highest BCUT2D eigenvalue weighted by atomic mass is 32.2. The summed E-state index contributed by atoms with van der Waals surface area (Å²) in [5.41, 5.74) is -5.24. The predicted molar refractivity (Wildman–Crippen MR) is 94.3 cm³/mol. The summed E-state index contributed by atoms with van der Waals surface area (Å²) >= 11 is 0. The average Bonchev–Trinajstić information content (AvgIpc) is 3.05. The van der Waals surface area contributed by atoms with E-state index in [2.05, 4.69) is 27.4 Å². The maximum Gasteiger partial charge on any atom is 0.511 e. The number of likely N-dealkylation sites (tertiary alicyclic amines) is 1. The van der Waals surface area contributed by atoms with Gasteiger partial charge in [-0.15, -0.1) is 0 Å². The lowest BCUT2D eigenvalue weighted by Crippen LogP contribution is -2.52. The highest BCUT2D eigenvalue weighted by Crippen LogP contribution is 2.28. The van der Waals surface area contributed by atoms with E-state index in [-0.39, 0.29) is 19.1 Å². The molecule has 2 aliphatic heterocycles. The normalized spacial score (nSPS) is 24.8. The van der Waals surface area contributed by atoms with E-state index in [1.54, 1.807) is 7.05 Å². The number of rotatable bonds is 5. The quantitative estimate of drug-likeness (QED) is 0.532. The predicted octanol–water partition coefficient (Wildman–Crippen LogP) is 0.950. The Morgan fingerprint density at radius 2 is 1.85 bits per heavy atom. The molecule has 2 aliphatic rings. The molecule has 2 rings (SSSR count). The van der Waals surface area contributed by atoms with Gasteiger partial charge >= 0.3 is 15.5 Å². The van der Waals surface area contributed by atoms with Gasteiger partial charge in [-0.1, -0.05) is 6.92 Å². The van der Waals surface area contributed by atoms with E-state index >= 15 is 0 Å². The van der Waals surface area contributed by atoms with Gasteiger partial charge in [0.1, 0.15) is 0 Å². The molecule has 2 fully saturated rings. The molecule has 0 saturated carbocycles. The van der Waals surface area contributed by atoms with Crippen LogP contribution in [0.2, 0.25) is 0 Å². The van der Waals surface area contributed by atoms with Crippen molar-refractivity contribution in [3.8, 4) is 0 Å². The van der Waals surface area contributed by atoms with E-state index in [9.17, 15) is 21.6 Å². The van der Waals surface area contributed by atoms with Crippen LogP contribution < -0.4 is 10.6 Å². The van der Waals surface area contributed by atoms with Gasteiger partial charge in [-0.25, -0.2) is 8.42 Å². The zero-order valence-electron chi connectivity index (χ0n) is 15.2. The Morgan fingerprint density at radius 3 is 2.38 bits per heavy atom. The molecule has 2 saturated heterocycles. The Kier molecular flexibility index (Phi) is 7.14. The molecular weight excluding hydrogens is 371 g/mol. The summed E-state index contributed by atoms with van der Waals surface area (Å²) in [4.78, 5) is 6.57. The van der Waals surface area contributed by atoms with Crippen LogP contribution in [0.25, 0.3) is 0 Å². The molecule has 1 unspecified atom stereocenters. The molecule has 0 aliphatic carbocycles. The van der Waals surface area contributed by atoms with Crippen LogP contribution in [0.1, 0.15) is 32.6 Å². The van der Waals surface area contributed by atoms with Crippen LogP contribution >= 0.6 is 0 Å². The zero-order chi connectivity index (χ0) is 19.4. The number of halogens is 3. The van der Waals surface area contributed by atoms with Crippen LogP contribution in [-0.2, 0) is 10.0 Å². The number of alkyl halides is 3. The third-order valence-corrected chi connectivity index (χ3v) is 6.69. The third-order valence-electron chi connectivity index (χ3n) is 5.06. The van der Waals surface area contributed by atoms with Crippen molar-refractivity contribution in [1.82, 2.24) is 19.8 Å². The molecule has 7 nitrogen and oxygen atoms in total. The van der Waals surface area contributed by atoms with E-state index in [4.69, 9.17) is 0 Å². The van der Waals surface area contributed by atoms with Crippen LogP contribution in [0.5, 0.6) is 0 Å². The van der Waals surface area contributed by atoms with Gasteiger partial charge < -0.3 is 10.6 Å². The second-order valence-corrected chi connectivity index (χ2v) is 8.58. The highest BCUT2D eigenvalue weighted by molar-refractivity contribution is 7.90. The molecule has 0 aromatic carbocycles. The van der Waals surface area contributed by atoms with Gasteiger partial charge in [0.05, 0.1) is 0 Å². The first-order chi connectivity index (χ1) is 12.2. The number of guanidine groups is 1. The number of likely N-dealkylation sites (N-methyl/N-ethyl adjacent to an activating group) is 1. The first-order valence-corrected chi connectivity index (χ1v) is 10.4. The minimum atomic E-state index is -5.24. The van der Waals surface area contributed by atoms with Gasteiger partial charge in [0, 0.05) is 38.8 Å². The summed E-state index contributed by atoms with van der Waals surface area (Å²) in [5, 5.41) is 6.46. The Bertz CT molecular complexity index is 589. The lowest BCUT2D eigenvalue weighted by Gasteiger charge is -2.33. The highest BCUT2D eigenvalue weighted by Gasteiger charge is 2.50. The van der Waals surface area contributed by atoms with Crippen LogP contribution in [-0.4, -0.2) is 80.9 Å². The van der Waals surface area contributed by atoms with Gasteiger partial charge in [0.2, 0.25) is 0 Å². The summed E-state index contributed by atoms with van der Waals surface area (Å²) in [7, 11) is -3.59. The fourth-order valence-electron chi connectivity index (χ4n) is 3.53. The second kappa shape index (κ2) is 8.75. The maximum atomic E-state index is 12.6. The first-order valence-electron chi connectivity index (χ1n) is 8.96. The Hall–Kier alpha value is -1.07. The molecule has 11 heteroatoms. The SMILES string of the molecule is CCN1CCCC1CNC(=NC)NC1CCN(S(=O)(=O)C(F)(F)F)CC1. The topological polar surface area (TPSA) is 77.0 Å². The molecule has 0 spiro atoms. The van der Waals surface area contributed by atoms with Crippen molar-refractivity contribution in [2.45, 2.75) is 50.2 Å². The summed E-state index contributed by atoms with van der Waals surface area (Å²) < 4.78 is 61.2. The van der Waals surface area contributed by atoms with Crippen molar-refractivity contribution < 1.29 is 21.6 Å². The number of hydrogen-bond donors (Lipinski definition) is 2. The number of hydrogen-bond acceptors (Lipinski definition) is 4. The van der Waals surface area contributed by atoms with Crippen molar-refractivity contribution in [2.24, 2.45) is 4.99 Å². The van der Waals surface area contributed by atoms with Gasteiger partial charge in [0.15, 0.2) is 5.96 Å². The van der Waals surface area contributed by atoms with E-state index in [1.165, 1.54) is 6.42 Å². The van der Waals surface area contributed by atoms with E-state index in [1.807, 2.05) is 0 Å². The molecule has 2 heterocycles. The van der Waals surface area contributed by atoms with E-state index in [0.717, 1.165) is 26.1 Å². The molecule has 152 valence electrons. The molecule has 2 N–H and O–H groups in total. The number of aliphatic imine (C=N–C) groups is 1. The number of nitrogens with one attached hydrogen (secondary N) is 2. The monoisotopic (exact) mass is 399 g/mol. The van der Waals surface area contributed by atoms with Crippen molar-refractivity contribution in [1.29, 1.82) is 0 Å². The Balaban J connectivity index is 1.80. The minimum absolute atomic E-state index is 0.105. The zero-order valence-corrected chi connectivity index (χ0v) is 16.0. The Morgan fingerprint density at radius 1 is 1.19 bits per heavy atom. The fraction of sp³-hybridized carbons (Fsp3) is 0.933. The summed E-state index contributed by atoms with van der Waals surface area (Å²) in [6, 6.07) is 0.351. The fourth-order valence-corrected chi connectivity index (χ4v) is 4.52. The standard InChI is InChI=1S/C15H28F3N5O2S/c1-3-22-8-4-5-13(22)11-20-14(19-2)21-12-6-9-23(10-7-12)26(24,25)15(16,17)18/h12-13H,3-11H2,1-2H3,(H2,19,20,21). The molecule has 0 radical (unpaired) electrons. The minimum Gasteiger partial charge on any atom is -0.355 e. The lowest BCUT2D eigenvalue weighted by molar-refractivity contribution is -0.0494. The van der Waals surface area contributed by atoms with Crippen molar-refractivity contribution in [2.75, 3.05) is 39.8 Å². The molecule has 0 amide bonds. The maximum absolute atomic E-state index is 12.6. The molecule has 26 heavy (non-hydrogen) atoms. The third kappa shape index (κ3) is 5.01. The van der Waals surface area contributed by atoms with Gasteiger partial charge in [-0.2, -0.15) is 17.5 Å². The van der Waals surface area contributed by atoms with Gasteiger partial charge in [0.25, 0.3) is 0 Å². The largest absolute Gasteiger partial charge is 0.511 e. The van der Waals surface area contributed by atoms with Gasteiger partial charge in [-0.05, 0) is 38.8 Å². The lowest BCUT2D eigenvalue weighted by atomic mass is 10.1. The average molecular weight is 399 g/mol. The van der Waals surface area contributed by atoms with Crippen LogP contribution in [0.4, 0.5) is 13.2 Å². The van der Waals surface area contributed by atoms with Crippen LogP contribution in [0, 0.1) is 0 Å². The number of piperidine rings is 1. The molecule has 0 aromatic rings. The summed E-state index contributed by atoms with van der Waals surface area (Å²) in [6.07, 6.45) is 2.92. The number of sulfonamides is 1. The van der Waals surface area contributed by atoms with Crippen molar-refractivity contribution in [3.63, 3.8) is 0 Å². The first kappa shape index (κ1) is 21.2. The summed E-state index contributed by atoms with van der Waals surface area (Å²) in [6.45, 7) is 4.69. The van der Waals surface area contributed by atoms with Crippen LogP contribution in [0.3, 0.4) is 0 Å². The smallest absolute Gasteiger partial charge is 0.355 e. The molecule has 1 atom stereocenters.